The van der Waals surface area contributed by atoms with Gasteiger partial charge in [0.25, 0.3) is 0 Å². The molecule has 2 aromatic rings. The average molecular weight is 398 g/mol. The van der Waals surface area contributed by atoms with Crippen LogP contribution in [0.5, 0.6) is 0 Å². The van der Waals surface area contributed by atoms with E-state index < -0.39 is 0 Å². The lowest BCUT2D eigenvalue weighted by atomic mass is 9.84. The molecule has 0 bridgehead atoms. The number of H-pyrrole nitrogens is 1. The van der Waals surface area contributed by atoms with Crippen molar-refractivity contribution in [2.45, 2.75) is 51.1 Å². The third kappa shape index (κ3) is 4.78. The molecule has 0 aliphatic heterocycles. The number of fused-ring (bicyclic) bond motifs is 1. The van der Waals surface area contributed by atoms with E-state index in [4.69, 9.17) is 18.0 Å². The summed E-state index contributed by atoms with van der Waals surface area (Å²) in [6, 6.07) is 0. The van der Waals surface area contributed by atoms with E-state index in [1.54, 1.807) is 25.9 Å². The van der Waals surface area contributed by atoms with Gasteiger partial charge in [0.1, 0.15) is 10.2 Å². The predicted octanol–water partition coefficient (Wildman–Crippen LogP) is 3.60. The molecule has 0 spiro atoms. The molecule has 2 heterocycles. The van der Waals surface area contributed by atoms with Crippen molar-refractivity contribution in [2.24, 2.45) is 31.7 Å². The molecule has 0 saturated carbocycles. The minimum Gasteiger partial charge on any atom is -0.330 e. The lowest BCUT2D eigenvalue weighted by Gasteiger charge is -2.23. The van der Waals surface area contributed by atoms with Crippen LogP contribution in [0.4, 0.5) is 0 Å². The first-order valence-electron chi connectivity index (χ1n) is 9.39. The number of thioether (sulfide) groups is 1. The Morgan fingerprint density at radius 1 is 1.27 bits per heavy atom. The SMILES string of the molecule is CCCC(C)C(CCN)CCCSc1nc2c([nH]1)c(=S)n(C)c(=O)n2C. The van der Waals surface area contributed by atoms with Gasteiger partial charge in [0.15, 0.2) is 10.8 Å². The first-order valence-corrected chi connectivity index (χ1v) is 10.8. The molecule has 2 aromatic heterocycles. The summed E-state index contributed by atoms with van der Waals surface area (Å²) in [7, 11) is 3.41. The Kier molecular flexibility index (Phi) is 7.91. The van der Waals surface area contributed by atoms with E-state index in [1.165, 1.54) is 28.4 Å². The average Bonchev–Trinajstić information content (AvgIpc) is 3.05. The summed E-state index contributed by atoms with van der Waals surface area (Å²) in [4.78, 5) is 20.0. The van der Waals surface area contributed by atoms with Crippen LogP contribution in [-0.4, -0.2) is 31.4 Å². The molecular formula is C18H31N5OS2. The number of aromatic amines is 1. The van der Waals surface area contributed by atoms with E-state index in [2.05, 4.69) is 23.8 Å². The molecule has 0 aromatic carbocycles. The first-order chi connectivity index (χ1) is 12.4. The zero-order valence-electron chi connectivity index (χ0n) is 16.2. The largest absolute Gasteiger partial charge is 0.330 e. The third-order valence-corrected chi connectivity index (χ3v) is 6.55. The predicted molar refractivity (Wildman–Crippen MR) is 112 cm³/mol. The molecule has 0 aliphatic carbocycles. The van der Waals surface area contributed by atoms with E-state index in [1.807, 2.05) is 0 Å². The van der Waals surface area contributed by atoms with Gasteiger partial charge >= 0.3 is 5.69 Å². The van der Waals surface area contributed by atoms with Crippen LogP contribution >= 0.6 is 24.0 Å². The van der Waals surface area contributed by atoms with Crippen molar-refractivity contribution in [3.05, 3.63) is 15.1 Å². The van der Waals surface area contributed by atoms with Gasteiger partial charge in [0.05, 0.1) is 0 Å². The Hall–Kier alpha value is -1.12. The topological polar surface area (TPSA) is 81.6 Å². The zero-order valence-corrected chi connectivity index (χ0v) is 17.9. The van der Waals surface area contributed by atoms with Crippen molar-refractivity contribution < 1.29 is 0 Å². The highest BCUT2D eigenvalue weighted by atomic mass is 32.2. The lowest BCUT2D eigenvalue weighted by molar-refractivity contribution is 0.299. The summed E-state index contributed by atoms with van der Waals surface area (Å²) in [6.07, 6.45) is 5.94. The van der Waals surface area contributed by atoms with Crippen LogP contribution in [0.1, 0.15) is 46.0 Å². The maximum atomic E-state index is 12.1. The number of hydrogen-bond acceptors (Lipinski definition) is 5. The normalized spacial score (nSPS) is 14.0. The molecule has 0 aliphatic rings. The van der Waals surface area contributed by atoms with Crippen LogP contribution in [0, 0.1) is 16.5 Å². The zero-order chi connectivity index (χ0) is 19.3. The van der Waals surface area contributed by atoms with Crippen LogP contribution in [0.15, 0.2) is 9.95 Å². The van der Waals surface area contributed by atoms with Gasteiger partial charge < -0.3 is 10.7 Å². The fourth-order valence-corrected chi connectivity index (χ4v) is 4.56. The molecular weight excluding hydrogens is 366 g/mol. The Bertz CT molecular complexity index is 838. The summed E-state index contributed by atoms with van der Waals surface area (Å²) < 4.78 is 3.51. The number of aromatic nitrogens is 4. The van der Waals surface area contributed by atoms with Gasteiger partial charge in [-0.2, -0.15) is 0 Å². The second kappa shape index (κ2) is 9.71. The second-order valence-corrected chi connectivity index (χ2v) is 8.51. The summed E-state index contributed by atoms with van der Waals surface area (Å²) in [5.74, 6) is 2.43. The van der Waals surface area contributed by atoms with Gasteiger partial charge in [-0.25, -0.2) is 9.78 Å². The molecule has 0 amide bonds. The number of hydrogen-bond donors (Lipinski definition) is 2. The highest BCUT2D eigenvalue weighted by Crippen LogP contribution is 2.27. The molecule has 2 unspecified atom stereocenters. The van der Waals surface area contributed by atoms with Gasteiger partial charge in [-0.3, -0.25) is 9.13 Å². The molecule has 0 radical (unpaired) electrons. The summed E-state index contributed by atoms with van der Waals surface area (Å²) in [5, 5.41) is 0.823. The molecule has 26 heavy (non-hydrogen) atoms. The van der Waals surface area contributed by atoms with Gasteiger partial charge in [-0.05, 0) is 37.6 Å². The minimum absolute atomic E-state index is 0.153. The maximum Gasteiger partial charge on any atom is 0.330 e. The number of rotatable bonds is 10. The Labute approximate surface area is 164 Å². The standard InChI is InChI=1S/C18H31N5OS2/c1-5-7-12(2)13(9-10-19)8-6-11-26-17-20-14-15(21-17)22(3)18(24)23(4)16(14)25/h12-13H,5-11,19H2,1-4H3,(H,20,21). The summed E-state index contributed by atoms with van der Waals surface area (Å²) in [6.45, 7) is 5.36. The van der Waals surface area contributed by atoms with Gasteiger partial charge in [0.2, 0.25) is 0 Å². The molecule has 8 heteroatoms. The van der Waals surface area contributed by atoms with Crippen LogP contribution in [0.25, 0.3) is 11.2 Å². The van der Waals surface area contributed by atoms with E-state index >= 15 is 0 Å². The van der Waals surface area contributed by atoms with Crippen LogP contribution in [0.2, 0.25) is 0 Å². The van der Waals surface area contributed by atoms with Gasteiger partial charge in [-0.1, -0.05) is 50.7 Å². The molecule has 3 N–H and O–H groups in total. The summed E-state index contributed by atoms with van der Waals surface area (Å²) >= 11 is 7.06. The molecule has 2 rings (SSSR count). The third-order valence-electron chi connectivity index (χ3n) is 5.12. The fraction of sp³-hybridized carbons (Fsp3) is 0.722. The van der Waals surface area contributed by atoms with Crippen molar-refractivity contribution in [1.82, 2.24) is 19.1 Å². The first kappa shape index (κ1) is 21.2. The van der Waals surface area contributed by atoms with E-state index in [0.29, 0.717) is 16.2 Å². The molecule has 6 nitrogen and oxygen atoms in total. The molecule has 2 atom stereocenters. The van der Waals surface area contributed by atoms with Crippen LogP contribution < -0.4 is 11.4 Å². The van der Waals surface area contributed by atoms with Crippen molar-refractivity contribution in [3.63, 3.8) is 0 Å². The highest BCUT2D eigenvalue weighted by molar-refractivity contribution is 7.99. The Balaban J connectivity index is 2.00. The van der Waals surface area contributed by atoms with Crippen molar-refractivity contribution >= 4 is 35.1 Å². The monoisotopic (exact) mass is 397 g/mol. The maximum absolute atomic E-state index is 12.1. The fourth-order valence-electron chi connectivity index (χ4n) is 3.51. The van der Waals surface area contributed by atoms with Gasteiger partial charge in [0, 0.05) is 19.8 Å². The number of imidazole rings is 1. The van der Waals surface area contributed by atoms with Crippen molar-refractivity contribution in [3.8, 4) is 0 Å². The van der Waals surface area contributed by atoms with E-state index in [0.717, 1.165) is 41.7 Å². The number of nitrogens with one attached hydrogen (secondary N) is 1. The molecule has 0 fully saturated rings. The minimum atomic E-state index is -0.153. The van der Waals surface area contributed by atoms with Crippen LogP contribution in [-0.2, 0) is 14.1 Å². The Morgan fingerprint density at radius 2 is 2.00 bits per heavy atom. The van der Waals surface area contributed by atoms with E-state index in [-0.39, 0.29) is 5.69 Å². The van der Waals surface area contributed by atoms with Gasteiger partial charge in [-0.15, -0.1) is 0 Å². The highest BCUT2D eigenvalue weighted by Gasteiger charge is 2.16. The van der Waals surface area contributed by atoms with Crippen LogP contribution in [0.3, 0.4) is 0 Å². The smallest absolute Gasteiger partial charge is 0.330 e. The van der Waals surface area contributed by atoms with Crippen molar-refractivity contribution in [1.29, 1.82) is 0 Å². The summed E-state index contributed by atoms with van der Waals surface area (Å²) in [5.41, 5.74) is 7.02. The molecule has 146 valence electrons. The second-order valence-electron chi connectivity index (χ2n) is 7.04. The number of nitrogens with zero attached hydrogens (tertiary/aromatic N) is 3. The molecule has 0 saturated heterocycles. The lowest BCUT2D eigenvalue weighted by Crippen LogP contribution is -2.27. The Morgan fingerprint density at radius 3 is 2.65 bits per heavy atom. The van der Waals surface area contributed by atoms with E-state index in [9.17, 15) is 4.79 Å². The quantitative estimate of drug-likeness (QED) is 0.364. The number of nitrogens with two attached hydrogens (primary N) is 1. The van der Waals surface area contributed by atoms with Crippen molar-refractivity contribution in [2.75, 3.05) is 12.3 Å². The number of aryl methyl sites for hydroxylation is 1.